The molecule has 0 atom stereocenters. The number of aryl methyl sites for hydroxylation is 2. The zero-order chi connectivity index (χ0) is 11.7. The number of anilines is 1. The van der Waals surface area contributed by atoms with E-state index in [1.54, 1.807) is 0 Å². The second kappa shape index (κ2) is 4.39. The predicted molar refractivity (Wildman–Crippen MR) is 71.4 cm³/mol. The molecule has 2 aromatic rings. The first kappa shape index (κ1) is 11.4. The van der Waals surface area contributed by atoms with Crippen LogP contribution < -0.4 is 11.3 Å². The SMILES string of the molecule is CCc1cc(NN)c2c(C)ccc(Br)c2n1. The zero-order valence-electron chi connectivity index (χ0n) is 9.34. The highest BCUT2D eigenvalue weighted by atomic mass is 79.9. The van der Waals surface area contributed by atoms with E-state index in [2.05, 4.69) is 46.3 Å². The highest BCUT2D eigenvalue weighted by Gasteiger charge is 2.09. The maximum Gasteiger partial charge on any atom is 0.0871 e. The quantitative estimate of drug-likeness (QED) is 0.656. The Morgan fingerprint density at radius 3 is 2.81 bits per heavy atom. The Bertz CT molecular complexity index is 537. The van der Waals surface area contributed by atoms with Gasteiger partial charge >= 0.3 is 0 Å². The van der Waals surface area contributed by atoms with Gasteiger partial charge in [0.15, 0.2) is 0 Å². The van der Waals surface area contributed by atoms with Crippen LogP contribution in [0.2, 0.25) is 0 Å². The molecule has 0 saturated carbocycles. The lowest BCUT2D eigenvalue weighted by atomic mass is 10.1. The average molecular weight is 280 g/mol. The van der Waals surface area contributed by atoms with E-state index in [1.807, 2.05) is 12.1 Å². The third-order valence-electron chi connectivity index (χ3n) is 2.69. The first-order valence-electron chi connectivity index (χ1n) is 5.22. The lowest BCUT2D eigenvalue weighted by molar-refractivity contribution is 1.05. The van der Waals surface area contributed by atoms with Crippen molar-refractivity contribution >= 4 is 32.5 Å². The molecule has 0 fully saturated rings. The number of nitrogens with zero attached hydrogens (tertiary/aromatic N) is 1. The van der Waals surface area contributed by atoms with Crippen LogP contribution in [0.5, 0.6) is 0 Å². The third-order valence-corrected chi connectivity index (χ3v) is 3.33. The molecule has 0 saturated heterocycles. The second-order valence-electron chi connectivity index (χ2n) is 3.75. The summed E-state index contributed by atoms with van der Waals surface area (Å²) >= 11 is 3.53. The molecule has 0 amide bonds. The van der Waals surface area contributed by atoms with Gasteiger partial charge in [0.1, 0.15) is 0 Å². The van der Waals surface area contributed by atoms with Gasteiger partial charge in [-0.05, 0) is 47.0 Å². The van der Waals surface area contributed by atoms with E-state index < -0.39 is 0 Å². The molecular formula is C12H14BrN3. The maximum atomic E-state index is 5.57. The van der Waals surface area contributed by atoms with Crippen molar-refractivity contribution in [3.63, 3.8) is 0 Å². The Kier molecular flexibility index (Phi) is 3.12. The number of nitrogens with two attached hydrogens (primary N) is 1. The number of halogens is 1. The standard InChI is InChI=1S/C12H14BrN3/c1-3-8-6-10(16-14)11-7(2)4-5-9(13)12(11)15-8/h4-6H,3,14H2,1-2H3,(H,15,16). The van der Waals surface area contributed by atoms with Crippen LogP contribution >= 0.6 is 15.9 Å². The molecule has 2 rings (SSSR count). The van der Waals surface area contributed by atoms with E-state index in [0.717, 1.165) is 33.2 Å². The Labute approximate surface area is 103 Å². The molecule has 16 heavy (non-hydrogen) atoms. The molecule has 3 nitrogen and oxygen atoms in total. The number of nitrogens with one attached hydrogen (secondary N) is 1. The van der Waals surface area contributed by atoms with Gasteiger partial charge in [0, 0.05) is 15.6 Å². The molecule has 0 radical (unpaired) electrons. The normalized spacial score (nSPS) is 10.8. The Morgan fingerprint density at radius 2 is 2.19 bits per heavy atom. The Hall–Kier alpha value is -1.13. The first-order valence-corrected chi connectivity index (χ1v) is 6.02. The number of pyridine rings is 1. The van der Waals surface area contributed by atoms with Crippen molar-refractivity contribution in [2.24, 2.45) is 5.84 Å². The third kappa shape index (κ3) is 1.79. The van der Waals surface area contributed by atoms with Crippen molar-refractivity contribution in [3.8, 4) is 0 Å². The minimum Gasteiger partial charge on any atom is -0.323 e. The molecule has 1 heterocycles. The van der Waals surface area contributed by atoms with Crippen LogP contribution in [0.3, 0.4) is 0 Å². The van der Waals surface area contributed by atoms with Gasteiger partial charge in [0.05, 0.1) is 11.2 Å². The van der Waals surface area contributed by atoms with Gasteiger partial charge in [-0.2, -0.15) is 0 Å². The van der Waals surface area contributed by atoms with E-state index in [9.17, 15) is 0 Å². The van der Waals surface area contributed by atoms with Gasteiger partial charge in [0.2, 0.25) is 0 Å². The summed E-state index contributed by atoms with van der Waals surface area (Å²) in [6.07, 6.45) is 0.894. The number of hydrogen-bond donors (Lipinski definition) is 2. The van der Waals surface area contributed by atoms with E-state index in [0.29, 0.717) is 0 Å². The van der Waals surface area contributed by atoms with Crippen molar-refractivity contribution in [2.45, 2.75) is 20.3 Å². The lowest BCUT2D eigenvalue weighted by Crippen LogP contribution is -2.09. The Balaban J connectivity index is 2.88. The summed E-state index contributed by atoms with van der Waals surface area (Å²) in [5.41, 5.74) is 6.85. The van der Waals surface area contributed by atoms with Crippen LogP contribution in [0.1, 0.15) is 18.2 Å². The summed E-state index contributed by atoms with van der Waals surface area (Å²) in [5.74, 6) is 5.57. The fourth-order valence-electron chi connectivity index (χ4n) is 1.83. The topological polar surface area (TPSA) is 50.9 Å². The summed E-state index contributed by atoms with van der Waals surface area (Å²) in [4.78, 5) is 4.62. The summed E-state index contributed by atoms with van der Waals surface area (Å²) in [6.45, 7) is 4.14. The molecule has 84 valence electrons. The molecule has 0 spiro atoms. The fraction of sp³-hybridized carbons (Fsp3) is 0.250. The van der Waals surface area contributed by atoms with Crippen molar-refractivity contribution in [3.05, 3.63) is 33.9 Å². The molecule has 0 aliphatic rings. The molecular weight excluding hydrogens is 266 g/mol. The number of benzene rings is 1. The van der Waals surface area contributed by atoms with Crippen LogP contribution in [0.15, 0.2) is 22.7 Å². The zero-order valence-corrected chi connectivity index (χ0v) is 10.9. The number of hydrogen-bond acceptors (Lipinski definition) is 3. The first-order chi connectivity index (χ1) is 7.67. The molecule has 0 aliphatic carbocycles. The Morgan fingerprint density at radius 1 is 1.44 bits per heavy atom. The number of fused-ring (bicyclic) bond motifs is 1. The van der Waals surface area contributed by atoms with Crippen LogP contribution in [0.25, 0.3) is 10.9 Å². The van der Waals surface area contributed by atoms with Crippen LogP contribution in [0.4, 0.5) is 5.69 Å². The van der Waals surface area contributed by atoms with Crippen LogP contribution in [0, 0.1) is 6.92 Å². The van der Waals surface area contributed by atoms with Crippen molar-refractivity contribution in [1.82, 2.24) is 4.98 Å². The van der Waals surface area contributed by atoms with Gasteiger partial charge in [-0.1, -0.05) is 13.0 Å². The highest BCUT2D eigenvalue weighted by molar-refractivity contribution is 9.10. The smallest absolute Gasteiger partial charge is 0.0871 e. The number of rotatable bonds is 2. The van der Waals surface area contributed by atoms with E-state index >= 15 is 0 Å². The number of hydrazine groups is 1. The van der Waals surface area contributed by atoms with Crippen LogP contribution in [-0.2, 0) is 6.42 Å². The molecule has 3 N–H and O–H groups in total. The maximum absolute atomic E-state index is 5.57. The van der Waals surface area contributed by atoms with Gasteiger partial charge in [-0.3, -0.25) is 10.8 Å². The fourth-order valence-corrected chi connectivity index (χ4v) is 2.24. The number of aromatic nitrogens is 1. The monoisotopic (exact) mass is 279 g/mol. The molecule has 1 aromatic heterocycles. The van der Waals surface area contributed by atoms with Gasteiger partial charge in [0.25, 0.3) is 0 Å². The predicted octanol–water partition coefficient (Wildman–Crippen LogP) is 3.15. The molecule has 0 unspecified atom stereocenters. The second-order valence-corrected chi connectivity index (χ2v) is 4.60. The lowest BCUT2D eigenvalue weighted by Gasteiger charge is -2.11. The van der Waals surface area contributed by atoms with Crippen molar-refractivity contribution in [1.29, 1.82) is 0 Å². The molecule has 0 bridgehead atoms. The molecule has 4 heteroatoms. The van der Waals surface area contributed by atoms with E-state index in [1.165, 1.54) is 5.56 Å². The average Bonchev–Trinajstić information content (AvgIpc) is 2.32. The van der Waals surface area contributed by atoms with Gasteiger partial charge in [-0.25, -0.2) is 0 Å². The summed E-state index contributed by atoms with van der Waals surface area (Å²) in [7, 11) is 0. The van der Waals surface area contributed by atoms with Crippen LogP contribution in [-0.4, -0.2) is 4.98 Å². The summed E-state index contributed by atoms with van der Waals surface area (Å²) in [5, 5.41) is 1.08. The summed E-state index contributed by atoms with van der Waals surface area (Å²) in [6, 6.07) is 6.08. The van der Waals surface area contributed by atoms with Crippen molar-refractivity contribution in [2.75, 3.05) is 5.43 Å². The van der Waals surface area contributed by atoms with Gasteiger partial charge in [-0.15, -0.1) is 0 Å². The van der Waals surface area contributed by atoms with E-state index in [4.69, 9.17) is 5.84 Å². The minimum absolute atomic E-state index is 0.894. The molecule has 1 aromatic carbocycles. The minimum atomic E-state index is 0.894. The van der Waals surface area contributed by atoms with Crippen molar-refractivity contribution < 1.29 is 0 Å². The largest absolute Gasteiger partial charge is 0.323 e. The highest BCUT2D eigenvalue weighted by Crippen LogP contribution is 2.31. The van der Waals surface area contributed by atoms with Gasteiger partial charge < -0.3 is 5.43 Å². The number of nitrogen functional groups attached to an aromatic ring is 1. The molecule has 0 aliphatic heterocycles. The van der Waals surface area contributed by atoms with E-state index in [-0.39, 0.29) is 0 Å². The summed E-state index contributed by atoms with van der Waals surface area (Å²) < 4.78 is 1.000.